The number of halogens is 6. The van der Waals surface area contributed by atoms with E-state index in [-0.39, 0.29) is 51.5 Å². The standard InChI is InChI=1S/C17H15ClF5N3O3.H2S/c18-10-5-9(6-11(19)12(10)20)24-13(27)8-1-4-26(7-8)15(29)14(28)25-16(2-3-16)17(21,22)23;/h5-6,8H,1-4,7H2,(H,24,27)(H,25,28);1H2/t8-;/m0./s1. The van der Waals surface area contributed by atoms with E-state index in [0.717, 1.165) is 17.0 Å². The van der Waals surface area contributed by atoms with Gasteiger partial charge in [-0.05, 0) is 25.3 Å². The van der Waals surface area contributed by atoms with Crippen LogP contribution >= 0.6 is 25.1 Å². The highest BCUT2D eigenvalue weighted by Crippen LogP contribution is 2.48. The molecule has 1 aromatic carbocycles. The van der Waals surface area contributed by atoms with Crippen molar-refractivity contribution in [2.45, 2.75) is 31.0 Å². The largest absolute Gasteiger partial charge is 0.411 e. The van der Waals surface area contributed by atoms with Gasteiger partial charge in [-0.25, -0.2) is 8.78 Å². The maximum Gasteiger partial charge on any atom is 0.411 e. The molecule has 1 aliphatic heterocycles. The van der Waals surface area contributed by atoms with Crippen LogP contribution in [0.5, 0.6) is 0 Å². The minimum absolute atomic E-state index is 0. The van der Waals surface area contributed by atoms with E-state index in [4.69, 9.17) is 11.6 Å². The van der Waals surface area contributed by atoms with Crippen molar-refractivity contribution in [1.82, 2.24) is 10.2 Å². The predicted octanol–water partition coefficient (Wildman–Crippen LogP) is 2.73. The lowest BCUT2D eigenvalue weighted by atomic mass is 10.1. The summed E-state index contributed by atoms with van der Waals surface area (Å²) in [6.07, 6.45) is -5.09. The van der Waals surface area contributed by atoms with Crippen molar-refractivity contribution in [3.8, 4) is 0 Å². The Labute approximate surface area is 179 Å². The van der Waals surface area contributed by atoms with Crippen LogP contribution in [0, 0.1) is 17.6 Å². The maximum atomic E-state index is 13.4. The molecule has 1 atom stereocenters. The number of amides is 3. The van der Waals surface area contributed by atoms with E-state index in [1.807, 2.05) is 0 Å². The molecule has 166 valence electrons. The molecule has 0 unspecified atom stereocenters. The van der Waals surface area contributed by atoms with E-state index in [1.165, 1.54) is 0 Å². The number of nitrogens with one attached hydrogen (secondary N) is 2. The van der Waals surface area contributed by atoms with Gasteiger partial charge in [-0.1, -0.05) is 11.6 Å². The molecule has 1 heterocycles. The molecule has 3 rings (SSSR count). The number of rotatable bonds is 3. The Hall–Kier alpha value is -2.08. The van der Waals surface area contributed by atoms with Gasteiger partial charge in [0.05, 0.1) is 10.9 Å². The zero-order valence-corrected chi connectivity index (χ0v) is 17.0. The second-order valence-electron chi connectivity index (χ2n) is 7.01. The first kappa shape index (κ1) is 24.2. The van der Waals surface area contributed by atoms with Crippen LogP contribution in [0.3, 0.4) is 0 Å². The van der Waals surface area contributed by atoms with E-state index >= 15 is 0 Å². The number of carbonyl (C=O) groups excluding carboxylic acids is 3. The van der Waals surface area contributed by atoms with Gasteiger partial charge < -0.3 is 15.5 Å². The number of anilines is 1. The van der Waals surface area contributed by atoms with Gasteiger partial charge in [0.1, 0.15) is 5.54 Å². The van der Waals surface area contributed by atoms with Gasteiger partial charge >= 0.3 is 18.0 Å². The second-order valence-corrected chi connectivity index (χ2v) is 7.42. The fourth-order valence-corrected chi connectivity index (χ4v) is 3.26. The quantitative estimate of drug-likeness (QED) is 0.402. The van der Waals surface area contributed by atoms with Crippen LogP contribution in [-0.2, 0) is 14.4 Å². The van der Waals surface area contributed by atoms with Crippen molar-refractivity contribution in [2.24, 2.45) is 5.92 Å². The molecule has 0 aromatic heterocycles. The van der Waals surface area contributed by atoms with Gasteiger partial charge in [-0.2, -0.15) is 26.7 Å². The van der Waals surface area contributed by atoms with Crippen LogP contribution in [0.15, 0.2) is 12.1 Å². The highest BCUT2D eigenvalue weighted by Gasteiger charge is 2.64. The van der Waals surface area contributed by atoms with Crippen LogP contribution in [0.1, 0.15) is 19.3 Å². The summed E-state index contributed by atoms with van der Waals surface area (Å²) in [6.45, 7) is -0.212. The van der Waals surface area contributed by atoms with Crippen molar-refractivity contribution in [3.05, 3.63) is 28.8 Å². The van der Waals surface area contributed by atoms with Crippen LogP contribution in [0.2, 0.25) is 5.02 Å². The molecule has 1 saturated carbocycles. The molecule has 1 aromatic rings. The summed E-state index contributed by atoms with van der Waals surface area (Å²) in [5.74, 6) is -6.47. The van der Waals surface area contributed by atoms with Gasteiger partial charge in [-0.15, -0.1) is 0 Å². The number of nitrogens with zero attached hydrogens (tertiary/aromatic N) is 1. The fraction of sp³-hybridized carbons (Fsp3) is 0.471. The first-order valence-electron chi connectivity index (χ1n) is 8.57. The number of hydrogen-bond donors (Lipinski definition) is 2. The molecule has 2 N–H and O–H groups in total. The van der Waals surface area contributed by atoms with E-state index in [1.54, 1.807) is 5.32 Å². The minimum Gasteiger partial charge on any atom is -0.334 e. The van der Waals surface area contributed by atoms with E-state index in [0.29, 0.717) is 0 Å². The Morgan fingerprint density at radius 1 is 1.17 bits per heavy atom. The molecular weight excluding hydrogens is 457 g/mol. The molecule has 2 fully saturated rings. The molecule has 0 radical (unpaired) electrons. The first-order chi connectivity index (χ1) is 13.4. The molecule has 1 aliphatic carbocycles. The number of hydrogen-bond acceptors (Lipinski definition) is 3. The maximum absolute atomic E-state index is 13.4. The lowest BCUT2D eigenvalue weighted by Gasteiger charge is -2.22. The Balaban J connectivity index is 0.00000320. The molecule has 6 nitrogen and oxygen atoms in total. The normalized spacial score (nSPS) is 19.7. The van der Waals surface area contributed by atoms with E-state index in [9.17, 15) is 36.3 Å². The summed E-state index contributed by atoms with van der Waals surface area (Å²) in [6, 6.07) is 1.74. The molecule has 0 spiro atoms. The van der Waals surface area contributed by atoms with Gasteiger partial charge in [0.25, 0.3) is 0 Å². The zero-order chi connectivity index (χ0) is 21.6. The molecular formula is C17H17ClF5N3O3S. The Morgan fingerprint density at radius 2 is 1.80 bits per heavy atom. The van der Waals surface area contributed by atoms with Crippen molar-refractivity contribution in [2.75, 3.05) is 18.4 Å². The number of alkyl halides is 3. The molecule has 3 amide bonds. The third kappa shape index (κ3) is 4.80. The Bertz CT molecular complexity index is 856. The lowest BCUT2D eigenvalue weighted by molar-refractivity contribution is -0.172. The molecule has 2 aliphatic rings. The molecule has 1 saturated heterocycles. The minimum atomic E-state index is -4.65. The lowest BCUT2D eigenvalue weighted by Crippen LogP contribution is -2.53. The summed E-state index contributed by atoms with van der Waals surface area (Å²) in [4.78, 5) is 37.3. The Kier molecular flexibility index (Phi) is 6.92. The van der Waals surface area contributed by atoms with Gasteiger partial charge in [0, 0.05) is 24.8 Å². The van der Waals surface area contributed by atoms with Gasteiger partial charge in [0.15, 0.2) is 11.6 Å². The van der Waals surface area contributed by atoms with Crippen LogP contribution < -0.4 is 10.6 Å². The summed E-state index contributed by atoms with van der Waals surface area (Å²) < 4.78 is 65.3. The average Bonchev–Trinajstić information content (AvgIpc) is 3.25. The monoisotopic (exact) mass is 473 g/mol. The highest BCUT2D eigenvalue weighted by atomic mass is 35.5. The van der Waals surface area contributed by atoms with Crippen LogP contribution in [-0.4, -0.2) is 47.4 Å². The van der Waals surface area contributed by atoms with Gasteiger partial charge in [0.2, 0.25) is 5.91 Å². The highest BCUT2D eigenvalue weighted by molar-refractivity contribution is 7.59. The van der Waals surface area contributed by atoms with Crippen molar-refractivity contribution < 1.29 is 36.3 Å². The summed E-state index contributed by atoms with van der Waals surface area (Å²) >= 11 is 5.51. The summed E-state index contributed by atoms with van der Waals surface area (Å²) in [5.41, 5.74) is -2.45. The topological polar surface area (TPSA) is 78.5 Å². The van der Waals surface area contributed by atoms with E-state index in [2.05, 4.69) is 5.32 Å². The summed E-state index contributed by atoms with van der Waals surface area (Å²) in [5, 5.41) is 3.54. The predicted molar refractivity (Wildman–Crippen MR) is 101 cm³/mol. The molecule has 0 bridgehead atoms. The van der Waals surface area contributed by atoms with Crippen molar-refractivity contribution >= 4 is 48.5 Å². The fourth-order valence-electron chi connectivity index (χ4n) is 3.05. The Morgan fingerprint density at radius 3 is 2.33 bits per heavy atom. The zero-order valence-electron chi connectivity index (χ0n) is 15.2. The van der Waals surface area contributed by atoms with E-state index < -0.39 is 52.0 Å². The van der Waals surface area contributed by atoms with Gasteiger partial charge in [-0.3, -0.25) is 14.4 Å². The second kappa shape index (κ2) is 8.58. The molecule has 13 heteroatoms. The van der Waals surface area contributed by atoms with Crippen LogP contribution in [0.4, 0.5) is 27.6 Å². The smallest absolute Gasteiger partial charge is 0.334 e. The number of carbonyl (C=O) groups is 3. The first-order valence-corrected chi connectivity index (χ1v) is 8.95. The van der Waals surface area contributed by atoms with Crippen molar-refractivity contribution in [3.63, 3.8) is 0 Å². The number of benzene rings is 1. The van der Waals surface area contributed by atoms with Crippen LogP contribution in [0.25, 0.3) is 0 Å². The summed E-state index contributed by atoms with van der Waals surface area (Å²) in [7, 11) is 0. The third-order valence-corrected chi connectivity index (χ3v) is 5.21. The average molecular weight is 474 g/mol. The molecule has 30 heavy (non-hydrogen) atoms. The SMILES string of the molecule is O=C(NC1(C(F)(F)F)CC1)C(=O)N1CC[C@H](C(=O)Nc2cc(F)c(F)c(Cl)c2)C1.S. The third-order valence-electron chi connectivity index (χ3n) is 4.94. The van der Waals surface area contributed by atoms with Crippen molar-refractivity contribution in [1.29, 1.82) is 0 Å². The number of likely N-dealkylation sites (tertiary alicyclic amines) is 1.